The van der Waals surface area contributed by atoms with Crippen LogP contribution in [0.5, 0.6) is 0 Å². The fourth-order valence-electron chi connectivity index (χ4n) is 4.28. The topological polar surface area (TPSA) is 97.3 Å². The van der Waals surface area contributed by atoms with Crippen molar-refractivity contribution in [3.05, 3.63) is 59.7 Å². The Bertz CT molecular complexity index is 1110. The molecule has 162 valence electrons. The second-order valence-electron chi connectivity index (χ2n) is 8.40. The van der Waals surface area contributed by atoms with Crippen LogP contribution < -0.4 is 10.6 Å². The molecular weight excluding hydrogens is 392 g/mol. The molecule has 8 heteroatoms. The fourth-order valence-corrected chi connectivity index (χ4v) is 4.28. The highest BCUT2D eigenvalue weighted by atomic mass is 16.5. The summed E-state index contributed by atoms with van der Waals surface area (Å²) in [6.07, 6.45) is 7.89. The molecule has 3 aliphatic heterocycles. The average Bonchev–Trinajstić information content (AvgIpc) is 3.18. The number of dihydropyridines is 1. The van der Waals surface area contributed by atoms with Crippen LogP contribution in [-0.4, -0.2) is 64.6 Å². The summed E-state index contributed by atoms with van der Waals surface area (Å²) in [6.45, 7) is 6.82. The summed E-state index contributed by atoms with van der Waals surface area (Å²) < 4.78 is 5.56. The van der Waals surface area contributed by atoms with Gasteiger partial charge in [0.05, 0.1) is 19.3 Å². The van der Waals surface area contributed by atoms with E-state index in [1.54, 1.807) is 0 Å². The molecule has 8 nitrogen and oxygen atoms in total. The number of nitrogens with zero attached hydrogens (tertiary/aromatic N) is 3. The van der Waals surface area contributed by atoms with E-state index < -0.39 is 5.54 Å². The zero-order valence-electron chi connectivity index (χ0n) is 17.9. The van der Waals surface area contributed by atoms with Gasteiger partial charge in [0, 0.05) is 42.9 Å². The van der Waals surface area contributed by atoms with Crippen LogP contribution in [0.3, 0.4) is 0 Å². The first-order valence-corrected chi connectivity index (χ1v) is 10.7. The third-order valence-electron chi connectivity index (χ3n) is 6.10. The summed E-state index contributed by atoms with van der Waals surface area (Å²) in [7, 11) is 0. The number of aromatic amines is 1. The minimum atomic E-state index is -0.436. The van der Waals surface area contributed by atoms with Crippen molar-refractivity contribution >= 4 is 22.6 Å². The molecule has 2 atom stereocenters. The van der Waals surface area contributed by atoms with E-state index in [2.05, 4.69) is 58.6 Å². The fraction of sp³-hybridized carbons (Fsp3) is 0.391. The summed E-state index contributed by atoms with van der Waals surface area (Å²) in [5, 5.41) is 17.6. The van der Waals surface area contributed by atoms with E-state index in [-0.39, 0.29) is 12.7 Å². The minimum Gasteiger partial charge on any atom is -0.394 e. The summed E-state index contributed by atoms with van der Waals surface area (Å²) in [5.41, 5.74) is 3.17. The molecule has 0 amide bonds. The molecule has 1 aromatic carbocycles. The van der Waals surface area contributed by atoms with Crippen LogP contribution in [0.2, 0.25) is 0 Å². The van der Waals surface area contributed by atoms with Gasteiger partial charge in [-0.3, -0.25) is 0 Å². The molecule has 1 aromatic heterocycles. The molecule has 0 aliphatic carbocycles. The number of morpholine rings is 1. The number of aromatic nitrogens is 1. The Kier molecular flexibility index (Phi) is 5.03. The van der Waals surface area contributed by atoms with E-state index in [9.17, 15) is 5.11 Å². The first-order chi connectivity index (χ1) is 15.1. The quantitative estimate of drug-likeness (QED) is 0.605. The van der Waals surface area contributed by atoms with Crippen molar-refractivity contribution in [2.24, 2.45) is 9.98 Å². The number of ether oxygens (including phenoxy) is 1. The van der Waals surface area contributed by atoms with Gasteiger partial charge in [0.1, 0.15) is 17.2 Å². The number of H-pyrrole nitrogens is 1. The van der Waals surface area contributed by atoms with Crippen LogP contribution >= 0.6 is 0 Å². The number of nitrogens with one attached hydrogen (secondary N) is 3. The lowest BCUT2D eigenvalue weighted by Crippen LogP contribution is -2.52. The van der Waals surface area contributed by atoms with Gasteiger partial charge in [0.25, 0.3) is 0 Å². The number of aryl methyl sites for hydroxylation is 1. The van der Waals surface area contributed by atoms with Gasteiger partial charge in [-0.1, -0.05) is 12.1 Å². The summed E-state index contributed by atoms with van der Waals surface area (Å²) >= 11 is 0. The number of benzene rings is 1. The number of aliphatic hydroxyl groups excluding tert-OH is 1. The van der Waals surface area contributed by atoms with Gasteiger partial charge in [-0.2, -0.15) is 0 Å². The van der Waals surface area contributed by atoms with Crippen molar-refractivity contribution in [1.82, 2.24) is 20.5 Å². The van der Waals surface area contributed by atoms with E-state index in [1.807, 2.05) is 18.5 Å². The van der Waals surface area contributed by atoms with Crippen LogP contribution in [0.1, 0.15) is 18.1 Å². The standard InChI is InChI=1S/C23H28N6O2/c1-15-10-24-18-5-3-4-16(21(15)18)11-25-19-12-26-23(2)7-6-20(28-22(23)27-19)29-8-9-31-17(13-29)14-30/h3-7,10,12,17,24-26,30H,8-9,11,13-14H2,1-2H3/t17-,23?/m1/s1. The van der Waals surface area contributed by atoms with Crippen LogP contribution in [0.25, 0.3) is 10.9 Å². The maximum absolute atomic E-state index is 9.43. The second kappa shape index (κ2) is 7.86. The van der Waals surface area contributed by atoms with E-state index in [0.29, 0.717) is 19.7 Å². The van der Waals surface area contributed by atoms with Crippen LogP contribution in [-0.2, 0) is 11.3 Å². The molecule has 0 radical (unpaired) electrons. The smallest absolute Gasteiger partial charge is 0.162 e. The third-order valence-corrected chi connectivity index (χ3v) is 6.10. The highest BCUT2D eigenvalue weighted by molar-refractivity contribution is 6.10. The Balaban J connectivity index is 1.34. The molecule has 4 N–H and O–H groups in total. The molecule has 1 saturated heterocycles. The first kappa shape index (κ1) is 19.8. The predicted molar refractivity (Wildman–Crippen MR) is 122 cm³/mol. The molecular formula is C23H28N6O2. The van der Waals surface area contributed by atoms with Crippen molar-refractivity contribution in [3.8, 4) is 0 Å². The molecule has 0 spiro atoms. The lowest BCUT2D eigenvalue weighted by molar-refractivity contribution is -0.0338. The Labute approximate surface area is 181 Å². The summed E-state index contributed by atoms with van der Waals surface area (Å²) in [4.78, 5) is 15.1. The summed E-state index contributed by atoms with van der Waals surface area (Å²) in [5.74, 6) is 2.33. The monoisotopic (exact) mass is 420 g/mol. The minimum absolute atomic E-state index is 0.0118. The lowest BCUT2D eigenvalue weighted by atomic mass is 9.96. The Hall–Kier alpha value is -3.10. The van der Waals surface area contributed by atoms with E-state index in [1.165, 1.54) is 16.5 Å². The molecule has 0 bridgehead atoms. The Morgan fingerprint density at radius 3 is 3.13 bits per heavy atom. The van der Waals surface area contributed by atoms with Gasteiger partial charge < -0.3 is 30.4 Å². The zero-order chi connectivity index (χ0) is 21.4. The van der Waals surface area contributed by atoms with E-state index in [0.717, 1.165) is 29.6 Å². The van der Waals surface area contributed by atoms with Crippen molar-refractivity contribution in [2.45, 2.75) is 32.0 Å². The largest absolute Gasteiger partial charge is 0.394 e. The van der Waals surface area contributed by atoms with Crippen LogP contribution in [0.15, 0.2) is 58.6 Å². The maximum atomic E-state index is 9.43. The zero-order valence-corrected chi connectivity index (χ0v) is 17.9. The Morgan fingerprint density at radius 1 is 1.35 bits per heavy atom. The number of hydrogen-bond acceptors (Lipinski definition) is 7. The van der Waals surface area contributed by atoms with Gasteiger partial charge >= 0.3 is 0 Å². The van der Waals surface area contributed by atoms with Gasteiger partial charge in [0.15, 0.2) is 5.84 Å². The molecule has 1 unspecified atom stereocenters. The molecule has 1 fully saturated rings. The summed E-state index contributed by atoms with van der Waals surface area (Å²) in [6, 6.07) is 6.30. The SMILES string of the molecule is Cc1c[nH]c2cccc(CNC3=CNC4(C)C=CC(N5CCO[C@@H](CO)C5)=NC4=N3)c12. The van der Waals surface area contributed by atoms with Crippen molar-refractivity contribution < 1.29 is 9.84 Å². The lowest BCUT2D eigenvalue weighted by Gasteiger charge is -2.37. The van der Waals surface area contributed by atoms with Crippen molar-refractivity contribution in [3.63, 3.8) is 0 Å². The molecule has 3 aliphatic rings. The first-order valence-electron chi connectivity index (χ1n) is 10.7. The highest BCUT2D eigenvalue weighted by Crippen LogP contribution is 2.24. The number of rotatable bonds is 4. The highest BCUT2D eigenvalue weighted by Gasteiger charge is 2.34. The molecule has 31 heavy (non-hydrogen) atoms. The predicted octanol–water partition coefficient (Wildman–Crippen LogP) is 1.79. The molecule has 5 rings (SSSR count). The van der Waals surface area contributed by atoms with Crippen molar-refractivity contribution in [1.29, 1.82) is 0 Å². The maximum Gasteiger partial charge on any atom is 0.162 e. The van der Waals surface area contributed by atoms with Crippen molar-refractivity contribution in [2.75, 3.05) is 26.3 Å². The number of aliphatic hydroxyl groups is 1. The average molecular weight is 421 g/mol. The number of fused-ring (bicyclic) bond motifs is 2. The number of amidine groups is 2. The molecule has 4 heterocycles. The van der Waals surface area contributed by atoms with Gasteiger partial charge in [-0.05, 0) is 43.2 Å². The normalized spacial score (nSPS) is 25.5. The van der Waals surface area contributed by atoms with Gasteiger partial charge in [-0.15, -0.1) is 0 Å². The van der Waals surface area contributed by atoms with Gasteiger partial charge in [-0.25, -0.2) is 9.98 Å². The third kappa shape index (κ3) is 3.73. The Morgan fingerprint density at radius 2 is 2.26 bits per heavy atom. The number of aliphatic imine (C=N–C) groups is 2. The van der Waals surface area contributed by atoms with Crippen LogP contribution in [0, 0.1) is 6.92 Å². The van der Waals surface area contributed by atoms with Gasteiger partial charge in [0.2, 0.25) is 0 Å². The van der Waals surface area contributed by atoms with Crippen LogP contribution in [0.4, 0.5) is 0 Å². The molecule has 2 aromatic rings. The molecule has 0 saturated carbocycles. The van der Waals surface area contributed by atoms with E-state index >= 15 is 0 Å². The number of hydrogen-bond donors (Lipinski definition) is 4. The second-order valence-corrected chi connectivity index (χ2v) is 8.40. The van der Waals surface area contributed by atoms with E-state index in [4.69, 9.17) is 14.7 Å².